The summed E-state index contributed by atoms with van der Waals surface area (Å²) in [6, 6.07) is 5.64. The van der Waals surface area contributed by atoms with Crippen molar-refractivity contribution in [3.05, 3.63) is 29.0 Å². The van der Waals surface area contributed by atoms with E-state index in [1.54, 1.807) is 25.3 Å². The Morgan fingerprint density at radius 2 is 2.08 bits per heavy atom. The molecule has 4 rings (SSSR count). The molecule has 0 N–H and O–H groups in total. The van der Waals surface area contributed by atoms with Gasteiger partial charge in [0.25, 0.3) is 5.89 Å². The fraction of sp³-hybridized carbons (Fsp3) is 0.526. The van der Waals surface area contributed by atoms with E-state index in [0.717, 1.165) is 12.8 Å². The highest BCUT2D eigenvalue weighted by Crippen LogP contribution is 2.35. The van der Waals surface area contributed by atoms with Crippen LogP contribution in [0.5, 0.6) is 5.75 Å². The van der Waals surface area contributed by atoms with Gasteiger partial charge in [0.15, 0.2) is 5.82 Å². The number of likely N-dealkylation sites (tertiary alicyclic amines) is 1. The topological polar surface area (TPSA) is 68.5 Å². The van der Waals surface area contributed by atoms with Crippen LogP contribution in [0.15, 0.2) is 22.7 Å². The summed E-state index contributed by atoms with van der Waals surface area (Å²) in [7, 11) is 1.59. The maximum absolute atomic E-state index is 12.5. The molecule has 1 saturated carbocycles. The van der Waals surface area contributed by atoms with Crippen molar-refractivity contribution < 1.29 is 14.1 Å². The number of rotatable bonds is 4. The van der Waals surface area contributed by atoms with Gasteiger partial charge in [0.2, 0.25) is 5.91 Å². The van der Waals surface area contributed by atoms with Gasteiger partial charge in [0, 0.05) is 29.9 Å². The Bertz CT molecular complexity index is 801. The molecule has 0 unspecified atom stereocenters. The third-order valence-electron chi connectivity index (χ3n) is 5.37. The van der Waals surface area contributed by atoms with Crippen LogP contribution in [0.4, 0.5) is 0 Å². The lowest BCUT2D eigenvalue weighted by atomic mass is 9.94. The van der Waals surface area contributed by atoms with E-state index in [1.807, 2.05) is 4.90 Å². The van der Waals surface area contributed by atoms with E-state index in [4.69, 9.17) is 20.9 Å². The lowest BCUT2D eigenvalue weighted by Crippen LogP contribution is -2.37. The van der Waals surface area contributed by atoms with Crippen LogP contribution in [0.1, 0.15) is 50.3 Å². The summed E-state index contributed by atoms with van der Waals surface area (Å²) in [6.45, 7) is 0.676. The van der Waals surface area contributed by atoms with Crippen molar-refractivity contribution in [3.63, 3.8) is 0 Å². The molecule has 7 heteroatoms. The normalized spacial score (nSPS) is 21.4. The second-order valence-electron chi connectivity index (χ2n) is 7.04. The summed E-state index contributed by atoms with van der Waals surface area (Å²) in [5.41, 5.74) is 0.659. The molecule has 2 aliphatic rings. The highest BCUT2D eigenvalue weighted by Gasteiger charge is 2.37. The number of halogens is 1. The van der Waals surface area contributed by atoms with Crippen LogP contribution in [0, 0.1) is 0 Å². The summed E-state index contributed by atoms with van der Waals surface area (Å²) < 4.78 is 10.8. The van der Waals surface area contributed by atoms with Gasteiger partial charge in [-0.2, -0.15) is 4.98 Å². The molecular formula is C19H22ClN3O3. The standard InChI is InChI=1S/C19H22ClN3O3/c1-25-16-8-7-13(20)10-15(16)19-21-18(22-26-19)12-9-17(24)23(11-12)14-5-3-2-4-6-14/h7-8,10,12,14H,2-6,9,11H2,1H3/t12-/m1/s1. The number of nitrogens with zero attached hydrogens (tertiary/aromatic N) is 3. The molecular weight excluding hydrogens is 354 g/mol. The van der Waals surface area contributed by atoms with Crippen LogP contribution in [-0.2, 0) is 4.79 Å². The monoisotopic (exact) mass is 375 g/mol. The minimum absolute atomic E-state index is 0.0212. The van der Waals surface area contributed by atoms with E-state index in [0.29, 0.717) is 47.1 Å². The van der Waals surface area contributed by atoms with Gasteiger partial charge < -0.3 is 14.2 Å². The Kier molecular flexibility index (Phi) is 4.85. The van der Waals surface area contributed by atoms with E-state index in [-0.39, 0.29) is 11.8 Å². The van der Waals surface area contributed by atoms with Gasteiger partial charge in [-0.3, -0.25) is 4.79 Å². The van der Waals surface area contributed by atoms with Crippen molar-refractivity contribution in [1.29, 1.82) is 0 Å². The van der Waals surface area contributed by atoms with E-state index < -0.39 is 0 Å². The molecule has 2 fully saturated rings. The first kappa shape index (κ1) is 17.3. The molecule has 2 heterocycles. The van der Waals surface area contributed by atoms with Crippen LogP contribution in [0.25, 0.3) is 11.5 Å². The van der Waals surface area contributed by atoms with Crippen molar-refractivity contribution in [1.82, 2.24) is 15.0 Å². The number of ether oxygens (including phenoxy) is 1. The van der Waals surface area contributed by atoms with E-state index in [2.05, 4.69) is 10.1 Å². The van der Waals surface area contributed by atoms with Crippen LogP contribution in [-0.4, -0.2) is 40.6 Å². The molecule has 1 amide bonds. The highest BCUT2D eigenvalue weighted by molar-refractivity contribution is 6.30. The molecule has 2 aromatic rings. The van der Waals surface area contributed by atoms with Gasteiger partial charge in [-0.15, -0.1) is 0 Å². The molecule has 6 nitrogen and oxygen atoms in total. The zero-order chi connectivity index (χ0) is 18.1. The molecule has 1 atom stereocenters. The zero-order valence-corrected chi connectivity index (χ0v) is 15.5. The Labute approximate surface area is 157 Å². The number of hydrogen-bond acceptors (Lipinski definition) is 5. The average Bonchev–Trinajstić information content (AvgIpc) is 3.29. The summed E-state index contributed by atoms with van der Waals surface area (Å²) in [5, 5.41) is 4.70. The number of methoxy groups -OCH3 is 1. The van der Waals surface area contributed by atoms with Gasteiger partial charge in [-0.05, 0) is 31.0 Å². The van der Waals surface area contributed by atoms with E-state index >= 15 is 0 Å². The summed E-state index contributed by atoms with van der Waals surface area (Å²) >= 11 is 6.09. The number of carbonyl (C=O) groups excluding carboxylic acids is 1. The Morgan fingerprint density at radius 3 is 2.85 bits per heavy atom. The van der Waals surface area contributed by atoms with Crippen LogP contribution < -0.4 is 4.74 Å². The summed E-state index contributed by atoms with van der Waals surface area (Å²) in [5.74, 6) is 1.74. The van der Waals surface area contributed by atoms with Crippen LogP contribution in [0.3, 0.4) is 0 Å². The van der Waals surface area contributed by atoms with Gasteiger partial charge >= 0.3 is 0 Å². The first-order valence-electron chi connectivity index (χ1n) is 9.12. The molecule has 0 radical (unpaired) electrons. The zero-order valence-electron chi connectivity index (χ0n) is 14.8. The Balaban J connectivity index is 1.53. The molecule has 0 bridgehead atoms. The van der Waals surface area contributed by atoms with Crippen molar-refractivity contribution in [3.8, 4) is 17.2 Å². The largest absolute Gasteiger partial charge is 0.496 e. The van der Waals surface area contributed by atoms with Crippen LogP contribution in [0.2, 0.25) is 5.02 Å². The molecule has 1 aliphatic carbocycles. The fourth-order valence-corrected chi connectivity index (χ4v) is 4.18. The van der Waals surface area contributed by atoms with E-state index in [1.165, 1.54) is 19.3 Å². The first-order chi connectivity index (χ1) is 12.7. The van der Waals surface area contributed by atoms with Gasteiger partial charge in [-0.1, -0.05) is 36.0 Å². The highest BCUT2D eigenvalue weighted by atomic mass is 35.5. The quantitative estimate of drug-likeness (QED) is 0.806. The SMILES string of the molecule is COc1ccc(Cl)cc1-c1nc([C@@H]2CC(=O)N(C3CCCCC3)C2)no1. The third-order valence-corrected chi connectivity index (χ3v) is 5.61. The Hall–Kier alpha value is -2.08. The second-order valence-corrected chi connectivity index (χ2v) is 7.48. The van der Waals surface area contributed by atoms with Crippen LogP contribution >= 0.6 is 11.6 Å². The average molecular weight is 376 g/mol. The number of hydrogen-bond donors (Lipinski definition) is 0. The smallest absolute Gasteiger partial charge is 0.261 e. The second kappa shape index (κ2) is 7.27. The lowest BCUT2D eigenvalue weighted by Gasteiger charge is -2.31. The molecule has 26 heavy (non-hydrogen) atoms. The van der Waals surface area contributed by atoms with Crippen molar-refractivity contribution in [2.75, 3.05) is 13.7 Å². The lowest BCUT2D eigenvalue weighted by molar-refractivity contribution is -0.130. The fourth-order valence-electron chi connectivity index (χ4n) is 4.01. The van der Waals surface area contributed by atoms with Gasteiger partial charge in [0.1, 0.15) is 5.75 Å². The molecule has 1 saturated heterocycles. The van der Waals surface area contributed by atoms with E-state index in [9.17, 15) is 4.79 Å². The molecule has 1 aromatic heterocycles. The summed E-state index contributed by atoms with van der Waals surface area (Å²) in [6.07, 6.45) is 6.35. The van der Waals surface area contributed by atoms with Crippen molar-refractivity contribution in [2.45, 2.75) is 50.5 Å². The predicted octanol–water partition coefficient (Wildman–Crippen LogP) is 4.05. The molecule has 0 spiro atoms. The number of benzene rings is 1. The van der Waals surface area contributed by atoms with Gasteiger partial charge in [0.05, 0.1) is 12.7 Å². The van der Waals surface area contributed by atoms with Crippen molar-refractivity contribution >= 4 is 17.5 Å². The maximum Gasteiger partial charge on any atom is 0.261 e. The van der Waals surface area contributed by atoms with Gasteiger partial charge in [-0.25, -0.2) is 0 Å². The molecule has 1 aromatic carbocycles. The predicted molar refractivity (Wildman–Crippen MR) is 97.2 cm³/mol. The maximum atomic E-state index is 12.5. The first-order valence-corrected chi connectivity index (χ1v) is 9.50. The minimum Gasteiger partial charge on any atom is -0.496 e. The number of carbonyl (C=O) groups is 1. The number of amides is 1. The van der Waals surface area contributed by atoms with Crippen molar-refractivity contribution in [2.24, 2.45) is 0 Å². The Morgan fingerprint density at radius 1 is 1.27 bits per heavy atom. The molecule has 1 aliphatic heterocycles. The molecule has 138 valence electrons. The summed E-state index contributed by atoms with van der Waals surface area (Å²) in [4.78, 5) is 19.0. The third kappa shape index (κ3) is 3.30. The minimum atomic E-state index is -0.0212. The number of aromatic nitrogens is 2.